The Morgan fingerprint density at radius 2 is 1.74 bits per heavy atom. The Hall–Kier alpha value is -4.23. The first-order chi connectivity index (χ1) is 17.0. The van der Waals surface area contributed by atoms with Crippen LogP contribution in [-0.4, -0.2) is 28.2 Å². The number of nitrogens with zero attached hydrogens (tertiary/aromatic N) is 2. The molecule has 0 aliphatic heterocycles. The Kier molecular flexibility index (Phi) is 6.16. The summed E-state index contributed by atoms with van der Waals surface area (Å²) in [5.74, 6) is 0.0536. The number of carbonyl (C=O) groups excluding carboxylic acids is 1. The summed E-state index contributed by atoms with van der Waals surface area (Å²) < 4.78 is 18.8. The Labute approximate surface area is 205 Å². The molecule has 1 amide bonds. The summed E-state index contributed by atoms with van der Waals surface area (Å²) in [5.41, 5.74) is 4.22. The molecular weight excluding hydrogens is 467 g/mol. The van der Waals surface area contributed by atoms with E-state index in [2.05, 4.69) is 20.5 Å². The molecule has 174 valence electrons. The van der Waals surface area contributed by atoms with E-state index in [1.165, 1.54) is 12.1 Å². The van der Waals surface area contributed by atoms with Crippen LogP contribution in [0.4, 0.5) is 4.39 Å². The van der Waals surface area contributed by atoms with Gasteiger partial charge in [0.2, 0.25) is 0 Å². The van der Waals surface area contributed by atoms with Crippen LogP contribution in [0.2, 0.25) is 5.02 Å². The second-order valence-electron chi connectivity index (χ2n) is 7.86. The zero-order chi connectivity index (χ0) is 24.4. The zero-order valence-electron chi connectivity index (χ0n) is 18.7. The molecule has 0 unspecified atom stereocenters. The number of amides is 1. The van der Waals surface area contributed by atoms with E-state index in [4.69, 9.17) is 16.3 Å². The second-order valence-corrected chi connectivity index (χ2v) is 8.27. The molecule has 35 heavy (non-hydrogen) atoms. The maximum atomic E-state index is 13.5. The number of rotatable bonds is 6. The van der Waals surface area contributed by atoms with Gasteiger partial charge in [0.25, 0.3) is 5.91 Å². The highest BCUT2D eigenvalue weighted by Crippen LogP contribution is 2.32. The number of hydrogen-bond donors (Lipinski definition) is 2. The van der Waals surface area contributed by atoms with Crippen molar-refractivity contribution in [2.45, 2.75) is 6.54 Å². The van der Waals surface area contributed by atoms with Crippen molar-refractivity contribution in [1.29, 1.82) is 0 Å². The van der Waals surface area contributed by atoms with Crippen LogP contribution in [0.5, 0.6) is 5.75 Å². The van der Waals surface area contributed by atoms with Crippen molar-refractivity contribution in [3.8, 4) is 28.3 Å². The molecule has 6 nitrogen and oxygen atoms in total. The Morgan fingerprint density at radius 1 is 1.03 bits per heavy atom. The van der Waals surface area contributed by atoms with E-state index in [0.717, 1.165) is 11.1 Å². The van der Waals surface area contributed by atoms with Crippen LogP contribution in [-0.2, 0) is 6.54 Å². The average Bonchev–Trinajstić information content (AvgIpc) is 3.32. The highest BCUT2D eigenvalue weighted by molar-refractivity contribution is 6.31. The smallest absolute Gasteiger partial charge is 0.252 e. The molecule has 2 N–H and O–H groups in total. The number of aromatic nitrogens is 3. The van der Waals surface area contributed by atoms with E-state index in [9.17, 15) is 9.18 Å². The number of ether oxygens (including phenoxy) is 1. The normalized spacial score (nSPS) is 10.9. The highest BCUT2D eigenvalue weighted by Gasteiger charge is 2.20. The van der Waals surface area contributed by atoms with Gasteiger partial charge in [-0.25, -0.2) is 9.37 Å². The minimum atomic E-state index is -0.352. The summed E-state index contributed by atoms with van der Waals surface area (Å²) in [4.78, 5) is 18.1. The predicted molar refractivity (Wildman–Crippen MR) is 134 cm³/mol. The summed E-state index contributed by atoms with van der Waals surface area (Å²) in [7, 11) is 1.60. The molecule has 0 spiro atoms. The first-order valence-corrected chi connectivity index (χ1v) is 11.2. The van der Waals surface area contributed by atoms with Gasteiger partial charge in [-0.15, -0.1) is 0 Å². The van der Waals surface area contributed by atoms with E-state index >= 15 is 0 Å². The van der Waals surface area contributed by atoms with Gasteiger partial charge in [-0.3, -0.25) is 9.89 Å². The molecule has 0 radical (unpaired) electrons. The van der Waals surface area contributed by atoms with Gasteiger partial charge in [0.15, 0.2) is 5.65 Å². The summed E-state index contributed by atoms with van der Waals surface area (Å²) in [6.07, 6.45) is 0. The third kappa shape index (κ3) is 4.58. The number of benzene rings is 3. The van der Waals surface area contributed by atoms with Crippen LogP contribution >= 0.6 is 11.6 Å². The largest absolute Gasteiger partial charge is 0.497 e. The molecule has 0 fully saturated rings. The molecule has 0 aliphatic rings. The van der Waals surface area contributed by atoms with Gasteiger partial charge in [0.05, 0.1) is 29.4 Å². The van der Waals surface area contributed by atoms with Gasteiger partial charge < -0.3 is 10.1 Å². The van der Waals surface area contributed by atoms with E-state index in [-0.39, 0.29) is 18.3 Å². The lowest BCUT2D eigenvalue weighted by Gasteiger charge is -2.11. The summed E-state index contributed by atoms with van der Waals surface area (Å²) >= 11 is 6.26. The van der Waals surface area contributed by atoms with Crippen molar-refractivity contribution < 1.29 is 13.9 Å². The van der Waals surface area contributed by atoms with E-state index in [1.807, 2.05) is 42.5 Å². The molecule has 3 aromatic carbocycles. The third-order valence-electron chi connectivity index (χ3n) is 5.68. The number of carbonyl (C=O) groups is 1. The van der Waals surface area contributed by atoms with Crippen LogP contribution in [0.3, 0.4) is 0 Å². The quantitative estimate of drug-likeness (QED) is 0.307. The van der Waals surface area contributed by atoms with Crippen LogP contribution < -0.4 is 10.1 Å². The highest BCUT2D eigenvalue weighted by atomic mass is 35.5. The third-order valence-corrected chi connectivity index (χ3v) is 6.05. The average molecular weight is 487 g/mol. The maximum Gasteiger partial charge on any atom is 0.252 e. The van der Waals surface area contributed by atoms with Crippen molar-refractivity contribution in [3.05, 3.63) is 101 Å². The summed E-state index contributed by atoms with van der Waals surface area (Å²) in [5, 5.41) is 11.4. The van der Waals surface area contributed by atoms with Crippen molar-refractivity contribution in [1.82, 2.24) is 20.5 Å². The lowest BCUT2D eigenvalue weighted by atomic mass is 10.0. The second kappa shape index (κ2) is 9.56. The minimum Gasteiger partial charge on any atom is -0.497 e. The van der Waals surface area contributed by atoms with Crippen molar-refractivity contribution in [3.63, 3.8) is 0 Å². The Morgan fingerprint density at radius 3 is 2.46 bits per heavy atom. The van der Waals surface area contributed by atoms with Gasteiger partial charge in [-0.2, -0.15) is 5.10 Å². The van der Waals surface area contributed by atoms with Gasteiger partial charge in [-0.05, 0) is 66.2 Å². The fraction of sp³-hybridized carbons (Fsp3) is 0.0741. The van der Waals surface area contributed by atoms with Crippen molar-refractivity contribution >= 4 is 28.5 Å². The zero-order valence-corrected chi connectivity index (χ0v) is 19.4. The number of aromatic amines is 1. The van der Waals surface area contributed by atoms with Gasteiger partial charge in [-0.1, -0.05) is 29.8 Å². The predicted octanol–water partition coefficient (Wildman–Crippen LogP) is 6.02. The summed E-state index contributed by atoms with van der Waals surface area (Å²) in [6, 6.07) is 22.4. The molecular formula is C27H20ClFN4O2. The Bertz CT molecular complexity index is 1520. The molecule has 0 atom stereocenters. The molecule has 0 saturated heterocycles. The van der Waals surface area contributed by atoms with Gasteiger partial charge in [0.1, 0.15) is 11.6 Å². The lowest BCUT2D eigenvalue weighted by molar-refractivity contribution is 0.0952. The molecule has 2 aromatic heterocycles. The number of fused-ring (bicyclic) bond motifs is 1. The van der Waals surface area contributed by atoms with E-state index in [1.54, 1.807) is 31.4 Å². The first kappa shape index (κ1) is 22.6. The van der Waals surface area contributed by atoms with Crippen LogP contribution in [0.25, 0.3) is 33.5 Å². The maximum absolute atomic E-state index is 13.5. The van der Waals surface area contributed by atoms with E-state index < -0.39 is 0 Å². The number of pyridine rings is 1. The first-order valence-electron chi connectivity index (χ1n) is 10.8. The van der Waals surface area contributed by atoms with E-state index in [0.29, 0.717) is 44.3 Å². The molecule has 0 bridgehead atoms. The number of H-pyrrole nitrogens is 1. The fourth-order valence-electron chi connectivity index (χ4n) is 3.85. The topological polar surface area (TPSA) is 79.9 Å². The van der Waals surface area contributed by atoms with Crippen LogP contribution in [0, 0.1) is 5.82 Å². The molecule has 5 rings (SSSR count). The fourth-order valence-corrected chi connectivity index (χ4v) is 4.05. The number of methoxy groups -OCH3 is 1. The molecule has 2 heterocycles. The van der Waals surface area contributed by atoms with Crippen LogP contribution in [0.1, 0.15) is 15.9 Å². The lowest BCUT2D eigenvalue weighted by Crippen LogP contribution is -2.23. The van der Waals surface area contributed by atoms with Gasteiger partial charge >= 0.3 is 0 Å². The van der Waals surface area contributed by atoms with Crippen molar-refractivity contribution in [2.75, 3.05) is 7.11 Å². The number of hydrogen-bond acceptors (Lipinski definition) is 4. The molecule has 0 aliphatic carbocycles. The monoisotopic (exact) mass is 486 g/mol. The molecule has 5 aromatic rings. The van der Waals surface area contributed by atoms with Crippen LogP contribution in [0.15, 0.2) is 78.9 Å². The molecule has 0 saturated carbocycles. The minimum absolute atomic E-state index is 0.254. The van der Waals surface area contributed by atoms with Crippen molar-refractivity contribution in [2.24, 2.45) is 0 Å². The standard InChI is InChI=1S/C27H20ClFN4O2/c1-35-20-12-8-16(9-13-20)23-14-21(27(34)30-15-18-4-2-3-5-22(18)28)24-25(32-33-26(24)31-23)17-6-10-19(29)11-7-17/h2-14H,15H2,1H3,(H,30,34)(H,31,32,33). The van der Waals surface area contributed by atoms with Gasteiger partial charge in [0, 0.05) is 22.7 Å². The number of halogens is 2. The Balaban J connectivity index is 1.60. The SMILES string of the molecule is COc1ccc(-c2cc(C(=O)NCc3ccccc3Cl)c3c(-c4ccc(F)cc4)[nH]nc3n2)cc1. The number of nitrogens with one attached hydrogen (secondary N) is 2. The summed E-state index contributed by atoms with van der Waals surface area (Å²) in [6.45, 7) is 0.254. The molecule has 8 heteroatoms.